The average Bonchev–Trinajstić information content (AvgIpc) is 3.06. The smallest absolute Gasteiger partial charge is 0.291 e. The molecule has 1 N–H and O–H groups in total. The third kappa shape index (κ3) is 3.67. The fourth-order valence-corrected chi connectivity index (χ4v) is 2.31. The standard InChI is InChI=1S/C17H12Cl2N4O/c1-11(12-2-4-13(18)5-3-12)21-17(24)16-20-10-23(22-16)15-8-6-14(19)7-9-15/h2-6,8,10-11H,1H3,(H,21,24)/t11-/m1/s1. The summed E-state index contributed by atoms with van der Waals surface area (Å²) in [6.07, 6.45) is 4.82. The molecule has 1 amide bonds. The second-order valence-electron chi connectivity index (χ2n) is 5.08. The molecule has 1 heterocycles. The summed E-state index contributed by atoms with van der Waals surface area (Å²) >= 11 is 11.6. The van der Waals surface area contributed by atoms with E-state index in [9.17, 15) is 4.79 Å². The molecule has 3 rings (SSSR count). The van der Waals surface area contributed by atoms with E-state index in [2.05, 4.69) is 26.9 Å². The molecule has 0 unspecified atom stereocenters. The van der Waals surface area contributed by atoms with E-state index in [0.717, 1.165) is 5.56 Å². The van der Waals surface area contributed by atoms with Crippen LogP contribution in [-0.4, -0.2) is 20.7 Å². The number of nitrogens with zero attached hydrogens (tertiary/aromatic N) is 3. The van der Waals surface area contributed by atoms with Crippen LogP contribution in [-0.2, 0) is 0 Å². The summed E-state index contributed by atoms with van der Waals surface area (Å²) in [5, 5.41) is 8.09. The lowest BCUT2D eigenvalue weighted by Crippen LogP contribution is -2.27. The normalized spacial score (nSPS) is 14.1. The number of amides is 1. The van der Waals surface area contributed by atoms with E-state index < -0.39 is 0 Å². The van der Waals surface area contributed by atoms with E-state index in [-0.39, 0.29) is 17.8 Å². The van der Waals surface area contributed by atoms with Crippen molar-refractivity contribution in [3.63, 3.8) is 0 Å². The Hall–Kier alpha value is -2.55. The number of hydrogen-bond acceptors (Lipinski definition) is 3. The van der Waals surface area contributed by atoms with Gasteiger partial charge in [0.25, 0.3) is 5.91 Å². The number of carbonyl (C=O) groups is 1. The molecule has 24 heavy (non-hydrogen) atoms. The van der Waals surface area contributed by atoms with Crippen molar-refractivity contribution in [3.8, 4) is 0 Å². The van der Waals surface area contributed by atoms with Gasteiger partial charge in [-0.15, -0.1) is 5.10 Å². The first kappa shape index (κ1) is 16.3. The summed E-state index contributed by atoms with van der Waals surface area (Å²) in [7, 11) is 0. The van der Waals surface area contributed by atoms with Crippen molar-refractivity contribution in [1.82, 2.24) is 20.1 Å². The highest BCUT2D eigenvalue weighted by Gasteiger charge is 2.16. The van der Waals surface area contributed by atoms with Crippen LogP contribution in [0.2, 0.25) is 5.02 Å². The van der Waals surface area contributed by atoms with Crippen LogP contribution in [0.5, 0.6) is 0 Å². The van der Waals surface area contributed by atoms with Crippen LogP contribution < -0.4 is 5.32 Å². The monoisotopic (exact) mass is 358 g/mol. The van der Waals surface area contributed by atoms with Crippen LogP contribution >= 0.6 is 23.2 Å². The molecule has 5 nitrogen and oxygen atoms in total. The van der Waals surface area contributed by atoms with E-state index in [1.54, 1.807) is 24.3 Å². The van der Waals surface area contributed by atoms with Gasteiger partial charge in [-0.25, -0.2) is 9.67 Å². The summed E-state index contributed by atoms with van der Waals surface area (Å²) < 4.78 is 1.44. The van der Waals surface area contributed by atoms with Gasteiger partial charge in [0.2, 0.25) is 5.82 Å². The first-order valence-electron chi connectivity index (χ1n) is 7.11. The summed E-state index contributed by atoms with van der Waals surface area (Å²) in [6.45, 7) is 1.88. The Labute approximate surface area is 148 Å². The molecular weight excluding hydrogens is 347 g/mol. The van der Waals surface area contributed by atoms with Crippen LogP contribution in [0.4, 0.5) is 0 Å². The molecule has 7 heteroatoms. The lowest BCUT2D eigenvalue weighted by molar-refractivity contribution is 0.0929. The van der Waals surface area contributed by atoms with Crippen molar-refractivity contribution in [3.05, 3.63) is 75.7 Å². The Balaban J connectivity index is 1.73. The highest BCUT2D eigenvalue weighted by molar-refractivity contribution is 6.31. The topological polar surface area (TPSA) is 59.8 Å². The van der Waals surface area contributed by atoms with Gasteiger partial charge < -0.3 is 5.32 Å². The fourth-order valence-electron chi connectivity index (χ4n) is 2.07. The van der Waals surface area contributed by atoms with Crippen LogP contribution in [0, 0.1) is 0 Å². The summed E-state index contributed by atoms with van der Waals surface area (Å²) in [6, 6.07) is 7.08. The van der Waals surface area contributed by atoms with Gasteiger partial charge in [-0.2, -0.15) is 0 Å². The second kappa shape index (κ2) is 6.91. The third-order valence-electron chi connectivity index (χ3n) is 3.36. The predicted molar refractivity (Wildman–Crippen MR) is 92.6 cm³/mol. The first-order chi connectivity index (χ1) is 11.5. The maximum atomic E-state index is 12.3. The van der Waals surface area contributed by atoms with Gasteiger partial charge in [0, 0.05) is 5.02 Å². The minimum atomic E-state index is -0.367. The van der Waals surface area contributed by atoms with Crippen molar-refractivity contribution >= 4 is 34.8 Å². The van der Waals surface area contributed by atoms with E-state index in [4.69, 9.17) is 23.2 Å². The molecular formula is C17H12Cl2N4O. The van der Waals surface area contributed by atoms with Gasteiger partial charge >= 0.3 is 0 Å². The maximum Gasteiger partial charge on any atom is 0.291 e. The number of halogens is 2. The zero-order valence-corrected chi connectivity index (χ0v) is 14.1. The van der Waals surface area contributed by atoms with Crippen molar-refractivity contribution in [1.29, 1.82) is 0 Å². The van der Waals surface area contributed by atoms with Gasteiger partial charge in [-0.05, 0) is 48.2 Å². The van der Waals surface area contributed by atoms with E-state index >= 15 is 0 Å². The minimum Gasteiger partial charge on any atom is -0.343 e. The molecule has 0 spiro atoms. The molecule has 0 aliphatic heterocycles. The predicted octanol–water partition coefficient (Wildman–Crippen LogP) is 3.71. The molecule has 1 atom stereocenters. The minimum absolute atomic E-state index is 0.0687. The molecule has 0 radical (unpaired) electrons. The van der Waals surface area contributed by atoms with Crippen LogP contribution in [0.3, 0.4) is 0 Å². The molecule has 2 aromatic rings. The quantitative estimate of drug-likeness (QED) is 0.847. The number of benzene rings is 1. The maximum absolute atomic E-state index is 12.3. The number of nitrogens with one attached hydrogen (secondary N) is 1. The van der Waals surface area contributed by atoms with E-state index in [0.29, 0.717) is 15.8 Å². The van der Waals surface area contributed by atoms with Gasteiger partial charge in [0.15, 0.2) is 0 Å². The first-order valence-corrected chi connectivity index (χ1v) is 7.86. The number of allylic oxidation sites excluding steroid dienone is 4. The van der Waals surface area contributed by atoms with Crippen LogP contribution in [0.15, 0.2) is 59.2 Å². The lowest BCUT2D eigenvalue weighted by atomic mass is 10.1. The van der Waals surface area contributed by atoms with Crippen LogP contribution in [0.25, 0.3) is 5.70 Å². The molecule has 1 aromatic heterocycles. The molecule has 0 fully saturated rings. The Kier molecular flexibility index (Phi) is 4.70. The van der Waals surface area contributed by atoms with Crippen molar-refractivity contribution in [2.75, 3.05) is 0 Å². The molecule has 1 aromatic carbocycles. The number of carbonyl (C=O) groups excluding carboxylic acids is 1. The summed E-state index contributed by atoms with van der Waals surface area (Å²) in [4.78, 5) is 16.3. The second-order valence-corrected chi connectivity index (χ2v) is 5.92. The van der Waals surface area contributed by atoms with E-state index in [1.165, 1.54) is 11.0 Å². The Morgan fingerprint density at radius 3 is 2.62 bits per heavy atom. The highest BCUT2D eigenvalue weighted by Crippen LogP contribution is 2.16. The lowest BCUT2D eigenvalue weighted by Gasteiger charge is -2.13. The van der Waals surface area contributed by atoms with E-state index in [1.807, 2.05) is 19.1 Å². The van der Waals surface area contributed by atoms with Crippen molar-refractivity contribution in [2.24, 2.45) is 0 Å². The zero-order chi connectivity index (χ0) is 17.1. The Bertz CT molecular complexity index is 914. The molecule has 120 valence electrons. The van der Waals surface area contributed by atoms with Crippen molar-refractivity contribution < 1.29 is 4.79 Å². The largest absolute Gasteiger partial charge is 0.343 e. The zero-order valence-electron chi connectivity index (χ0n) is 12.6. The third-order valence-corrected chi connectivity index (χ3v) is 3.83. The number of aromatic nitrogens is 3. The molecule has 1 aliphatic rings. The number of rotatable bonds is 4. The average molecular weight is 359 g/mol. The van der Waals surface area contributed by atoms with Gasteiger partial charge in [-0.3, -0.25) is 4.79 Å². The molecule has 0 bridgehead atoms. The molecule has 1 aliphatic carbocycles. The van der Waals surface area contributed by atoms with Crippen molar-refractivity contribution in [2.45, 2.75) is 13.0 Å². The highest BCUT2D eigenvalue weighted by atomic mass is 35.5. The SMILES string of the molecule is C[C@@H](NC(=O)c1ncn(C2=C=C=C(Cl)C=C2)n1)c1ccc(Cl)cc1. The molecule has 0 saturated heterocycles. The number of hydrogen-bond donors (Lipinski definition) is 1. The van der Waals surface area contributed by atoms with Gasteiger partial charge in [0.05, 0.1) is 11.1 Å². The Morgan fingerprint density at radius 2 is 1.96 bits per heavy atom. The molecule has 0 saturated carbocycles. The summed E-state index contributed by atoms with van der Waals surface area (Å²) in [5.41, 5.74) is 7.10. The van der Waals surface area contributed by atoms with Gasteiger partial charge in [0.1, 0.15) is 12.0 Å². The van der Waals surface area contributed by atoms with Crippen LogP contribution in [0.1, 0.15) is 29.1 Å². The Morgan fingerprint density at radius 1 is 1.21 bits per heavy atom. The fraction of sp³-hybridized carbons (Fsp3) is 0.118. The van der Waals surface area contributed by atoms with Gasteiger partial charge in [-0.1, -0.05) is 35.3 Å². The summed E-state index contributed by atoms with van der Waals surface area (Å²) in [5.74, 6) is -0.298.